The minimum atomic E-state index is -1.71. The Kier molecular flexibility index (Phi) is 41.6. The monoisotopic (exact) mass is 1030 g/mol. The molecular weight excluding hydrogens is 933 g/mol. The van der Waals surface area contributed by atoms with Crippen molar-refractivity contribution in [2.45, 2.75) is 261 Å². The number of rotatable bonds is 45. The van der Waals surface area contributed by atoms with Gasteiger partial charge in [0.25, 0.3) is 0 Å². The van der Waals surface area contributed by atoms with Crippen molar-refractivity contribution in [2.24, 2.45) is 0 Å². The first-order valence-corrected chi connectivity index (χ1v) is 28.5. The second kappa shape index (κ2) is 45.6. The summed E-state index contributed by atoms with van der Waals surface area (Å²) in [5.41, 5.74) is 0. The molecule has 11 atom stereocenters. The Morgan fingerprint density at radius 1 is 0.466 bits per heavy atom. The summed E-state index contributed by atoms with van der Waals surface area (Å²) in [4.78, 5) is 13.1. The average Bonchev–Trinajstić information content (AvgIpc) is 3.39. The fourth-order valence-electron chi connectivity index (χ4n) is 8.64. The zero-order valence-corrected chi connectivity index (χ0v) is 45.1. The predicted octanol–water partition coefficient (Wildman–Crippen LogP) is 9.86. The molecule has 0 aliphatic carbocycles. The normalized spacial score (nSPS) is 25.5. The van der Waals surface area contributed by atoms with Crippen LogP contribution in [-0.4, -0.2) is 142 Å². The van der Waals surface area contributed by atoms with Crippen molar-refractivity contribution in [1.82, 2.24) is 0 Å². The number of hydrogen-bond acceptors (Lipinski definition) is 14. The number of carbonyl (C=O) groups excluding carboxylic acids is 1. The molecule has 0 radical (unpaired) electrons. The zero-order chi connectivity index (χ0) is 53.0. The molecule has 2 aliphatic rings. The fourth-order valence-corrected chi connectivity index (χ4v) is 8.64. The first-order valence-electron chi connectivity index (χ1n) is 28.5. The van der Waals surface area contributed by atoms with Crippen molar-refractivity contribution in [3.63, 3.8) is 0 Å². The Labute approximate surface area is 440 Å². The molecule has 2 saturated heterocycles. The van der Waals surface area contributed by atoms with E-state index in [1.54, 1.807) is 0 Å². The molecule has 7 N–H and O–H groups in total. The lowest BCUT2D eigenvalue weighted by Gasteiger charge is -2.42. The maximum absolute atomic E-state index is 13.1. The summed E-state index contributed by atoms with van der Waals surface area (Å²) in [7, 11) is 0. The summed E-state index contributed by atoms with van der Waals surface area (Å²) >= 11 is 0. The van der Waals surface area contributed by atoms with Gasteiger partial charge in [0.05, 0.1) is 26.4 Å². The number of carbonyl (C=O) groups is 1. The third kappa shape index (κ3) is 32.6. The Hall–Kier alpha value is -2.57. The molecule has 11 unspecified atom stereocenters. The standard InChI is InChI=1S/C59H102O14/c1-3-5-7-9-11-13-15-17-19-20-21-22-23-24-25-26-27-28-29-30-32-34-36-38-40-42-51(61)71-48(45-68-43-41-39-37-35-33-31-18-16-14-12-10-8-6-4-2)46-69-58-57(67)55(65)53(63)50(73-58)47-70-59-56(66)54(64)52(62)49(44-60)72-59/h5,7,11,13,17,19,21-22,24-25,27-28,48-50,52-60,62-67H,3-4,6,8-10,12,14-16,18,20,23,26,29-47H2,1-2H3/b7-5-,13-11-,19-17-,22-21-,25-24-,28-27-. The highest BCUT2D eigenvalue weighted by Gasteiger charge is 2.47. The fraction of sp³-hybridized carbons (Fsp3) is 0.780. The van der Waals surface area contributed by atoms with Crippen LogP contribution in [0.5, 0.6) is 0 Å². The summed E-state index contributed by atoms with van der Waals surface area (Å²) in [6.07, 6.45) is 41.0. The van der Waals surface area contributed by atoms with Crippen LogP contribution in [0.3, 0.4) is 0 Å². The Morgan fingerprint density at radius 3 is 1.40 bits per heavy atom. The number of aliphatic hydroxyl groups excluding tert-OH is 7. The maximum atomic E-state index is 13.1. The smallest absolute Gasteiger partial charge is 0.306 e. The molecule has 0 aromatic heterocycles. The van der Waals surface area contributed by atoms with Gasteiger partial charge in [-0.25, -0.2) is 0 Å². The molecule has 14 heteroatoms. The van der Waals surface area contributed by atoms with Gasteiger partial charge >= 0.3 is 5.97 Å². The lowest BCUT2D eigenvalue weighted by atomic mass is 9.98. The highest BCUT2D eigenvalue weighted by molar-refractivity contribution is 5.69. The molecule has 14 nitrogen and oxygen atoms in total. The summed E-state index contributed by atoms with van der Waals surface area (Å²) < 4.78 is 34.3. The first-order chi connectivity index (χ1) is 35.6. The van der Waals surface area contributed by atoms with Crippen LogP contribution in [0.4, 0.5) is 0 Å². The Morgan fingerprint density at radius 2 is 0.890 bits per heavy atom. The van der Waals surface area contributed by atoms with E-state index in [4.69, 9.17) is 28.4 Å². The van der Waals surface area contributed by atoms with E-state index in [-0.39, 0.29) is 19.6 Å². The van der Waals surface area contributed by atoms with E-state index < -0.39 is 86.7 Å². The molecular formula is C59H102O14. The van der Waals surface area contributed by atoms with Crippen LogP contribution >= 0.6 is 0 Å². The largest absolute Gasteiger partial charge is 0.457 e. The van der Waals surface area contributed by atoms with Crippen LogP contribution in [0.1, 0.15) is 194 Å². The molecule has 422 valence electrons. The van der Waals surface area contributed by atoms with E-state index in [2.05, 4.69) is 86.8 Å². The molecule has 2 fully saturated rings. The van der Waals surface area contributed by atoms with Gasteiger partial charge in [-0.3, -0.25) is 4.79 Å². The summed E-state index contributed by atoms with van der Waals surface area (Å²) in [6, 6.07) is 0. The second-order valence-electron chi connectivity index (χ2n) is 19.7. The number of aliphatic hydroxyl groups is 7. The maximum Gasteiger partial charge on any atom is 0.306 e. The van der Waals surface area contributed by atoms with Gasteiger partial charge < -0.3 is 64.2 Å². The minimum absolute atomic E-state index is 0.0542. The van der Waals surface area contributed by atoms with Crippen molar-refractivity contribution in [3.8, 4) is 0 Å². The van der Waals surface area contributed by atoms with Crippen molar-refractivity contribution in [2.75, 3.05) is 33.0 Å². The lowest BCUT2D eigenvalue weighted by Crippen LogP contribution is -2.61. The lowest BCUT2D eigenvalue weighted by molar-refractivity contribution is -0.332. The van der Waals surface area contributed by atoms with Gasteiger partial charge in [0.1, 0.15) is 54.9 Å². The summed E-state index contributed by atoms with van der Waals surface area (Å²) in [5.74, 6) is -0.391. The van der Waals surface area contributed by atoms with E-state index >= 15 is 0 Å². The number of esters is 1. The van der Waals surface area contributed by atoms with Crippen LogP contribution in [-0.2, 0) is 33.2 Å². The quantitative estimate of drug-likeness (QED) is 0.0172. The van der Waals surface area contributed by atoms with E-state index in [1.807, 2.05) is 0 Å². The third-order valence-corrected chi connectivity index (χ3v) is 13.2. The Balaban J connectivity index is 1.72. The van der Waals surface area contributed by atoms with Gasteiger partial charge in [-0.15, -0.1) is 0 Å². The molecule has 2 aliphatic heterocycles. The molecule has 2 rings (SSSR count). The van der Waals surface area contributed by atoms with Gasteiger partial charge in [0, 0.05) is 13.0 Å². The SMILES string of the molecule is CC/C=C\C/C=C\C/C=C\C/C=C\C/C=C\C/C=C\CCCCCCCCC(=O)OC(COCCCCCCCCCCCCCCCC)COC1OC(COC2OC(CO)C(O)C(O)C2O)C(O)C(O)C1O. The average molecular weight is 1040 g/mol. The van der Waals surface area contributed by atoms with Gasteiger partial charge in [-0.1, -0.05) is 196 Å². The molecule has 2 heterocycles. The molecule has 0 aromatic rings. The van der Waals surface area contributed by atoms with Crippen LogP contribution in [0, 0.1) is 0 Å². The second-order valence-corrected chi connectivity index (χ2v) is 19.7. The van der Waals surface area contributed by atoms with Crippen molar-refractivity contribution >= 4 is 5.97 Å². The van der Waals surface area contributed by atoms with Gasteiger partial charge in [-0.05, 0) is 64.2 Å². The van der Waals surface area contributed by atoms with Gasteiger partial charge in [0.2, 0.25) is 0 Å². The molecule has 0 amide bonds. The topological polar surface area (TPSA) is 214 Å². The molecule has 0 spiro atoms. The van der Waals surface area contributed by atoms with Crippen molar-refractivity contribution in [1.29, 1.82) is 0 Å². The Bertz CT molecular complexity index is 1480. The number of hydrogen-bond donors (Lipinski definition) is 7. The van der Waals surface area contributed by atoms with E-state index in [0.717, 1.165) is 96.3 Å². The first kappa shape index (κ1) is 66.5. The zero-order valence-electron chi connectivity index (χ0n) is 45.1. The number of ether oxygens (including phenoxy) is 6. The van der Waals surface area contributed by atoms with E-state index in [1.165, 1.54) is 70.6 Å². The predicted molar refractivity (Wildman–Crippen MR) is 289 cm³/mol. The molecule has 0 aromatic carbocycles. The van der Waals surface area contributed by atoms with Crippen LogP contribution < -0.4 is 0 Å². The molecule has 0 saturated carbocycles. The minimum Gasteiger partial charge on any atom is -0.457 e. The number of unbranched alkanes of at least 4 members (excludes halogenated alkanes) is 19. The van der Waals surface area contributed by atoms with Gasteiger partial charge in [-0.2, -0.15) is 0 Å². The van der Waals surface area contributed by atoms with Crippen LogP contribution in [0.25, 0.3) is 0 Å². The van der Waals surface area contributed by atoms with Gasteiger partial charge in [0.15, 0.2) is 12.6 Å². The van der Waals surface area contributed by atoms with Crippen LogP contribution in [0.2, 0.25) is 0 Å². The summed E-state index contributed by atoms with van der Waals surface area (Å²) in [6.45, 7) is 3.56. The number of allylic oxidation sites excluding steroid dienone is 12. The summed E-state index contributed by atoms with van der Waals surface area (Å²) in [5, 5.41) is 72.3. The molecule has 0 bridgehead atoms. The van der Waals surface area contributed by atoms with E-state index in [0.29, 0.717) is 13.0 Å². The van der Waals surface area contributed by atoms with Crippen LogP contribution in [0.15, 0.2) is 72.9 Å². The third-order valence-electron chi connectivity index (χ3n) is 13.2. The van der Waals surface area contributed by atoms with E-state index in [9.17, 15) is 40.5 Å². The highest BCUT2D eigenvalue weighted by Crippen LogP contribution is 2.26. The highest BCUT2D eigenvalue weighted by atomic mass is 16.7. The van der Waals surface area contributed by atoms with Crippen molar-refractivity contribution in [3.05, 3.63) is 72.9 Å². The molecule has 73 heavy (non-hydrogen) atoms. The van der Waals surface area contributed by atoms with Crippen molar-refractivity contribution < 1.29 is 69.0 Å².